The van der Waals surface area contributed by atoms with E-state index in [0.29, 0.717) is 6.61 Å². The Kier molecular flexibility index (Phi) is 3.58. The first-order valence-electron chi connectivity index (χ1n) is 5.22. The van der Waals surface area contributed by atoms with Crippen molar-refractivity contribution in [3.05, 3.63) is 35.9 Å². The molecule has 84 valence electrons. The molecule has 0 saturated carbocycles. The standard InChI is InChI=1S/C13H14O3/c1-2-12-13(11(14)9-15-12)16-8-10-6-4-3-5-7-10/h1,3-7,11-14H,8-9H2/t11-,12-,13-/m1/s1. The average Bonchev–Trinajstić information content (AvgIpc) is 2.69. The number of hydrogen-bond acceptors (Lipinski definition) is 3. The summed E-state index contributed by atoms with van der Waals surface area (Å²) in [6.45, 7) is 0.679. The highest BCUT2D eigenvalue weighted by atomic mass is 16.6. The highest BCUT2D eigenvalue weighted by Gasteiger charge is 2.35. The molecule has 0 spiro atoms. The van der Waals surface area contributed by atoms with Gasteiger partial charge in [-0.15, -0.1) is 6.42 Å². The van der Waals surface area contributed by atoms with Crippen LogP contribution in [0.15, 0.2) is 30.3 Å². The molecule has 1 aromatic rings. The van der Waals surface area contributed by atoms with Gasteiger partial charge < -0.3 is 14.6 Å². The summed E-state index contributed by atoms with van der Waals surface area (Å²) in [6, 6.07) is 9.76. The Morgan fingerprint density at radius 3 is 2.88 bits per heavy atom. The number of ether oxygens (including phenoxy) is 2. The fourth-order valence-corrected chi connectivity index (χ4v) is 1.70. The molecule has 0 aromatic heterocycles. The Morgan fingerprint density at radius 1 is 1.44 bits per heavy atom. The van der Waals surface area contributed by atoms with Crippen LogP contribution in [-0.2, 0) is 16.1 Å². The first kappa shape index (κ1) is 11.2. The van der Waals surface area contributed by atoms with Crippen molar-refractivity contribution in [3.8, 4) is 12.3 Å². The van der Waals surface area contributed by atoms with Crippen molar-refractivity contribution in [2.45, 2.75) is 24.9 Å². The predicted molar refractivity (Wildman–Crippen MR) is 59.6 cm³/mol. The van der Waals surface area contributed by atoms with E-state index in [1.807, 2.05) is 30.3 Å². The molecular weight excluding hydrogens is 204 g/mol. The molecule has 0 radical (unpaired) electrons. The second kappa shape index (κ2) is 5.13. The van der Waals surface area contributed by atoms with Gasteiger partial charge >= 0.3 is 0 Å². The molecule has 3 atom stereocenters. The minimum Gasteiger partial charge on any atom is -0.388 e. The molecule has 16 heavy (non-hydrogen) atoms. The van der Waals surface area contributed by atoms with Crippen molar-refractivity contribution in [3.63, 3.8) is 0 Å². The maximum Gasteiger partial charge on any atom is 0.146 e. The number of hydrogen-bond donors (Lipinski definition) is 1. The predicted octanol–water partition coefficient (Wildman–Crippen LogP) is 0.965. The van der Waals surface area contributed by atoms with Crippen LogP contribution < -0.4 is 0 Å². The third-order valence-corrected chi connectivity index (χ3v) is 2.57. The summed E-state index contributed by atoms with van der Waals surface area (Å²) in [5, 5.41) is 9.62. The molecule has 0 aliphatic carbocycles. The minimum atomic E-state index is -0.634. The average molecular weight is 218 g/mol. The molecule has 2 rings (SSSR count). The number of aliphatic hydroxyl groups is 1. The quantitative estimate of drug-likeness (QED) is 0.768. The highest BCUT2D eigenvalue weighted by Crippen LogP contribution is 2.18. The third kappa shape index (κ3) is 2.42. The maximum atomic E-state index is 9.62. The van der Waals surface area contributed by atoms with Crippen LogP contribution in [0.1, 0.15) is 5.56 Å². The molecule has 1 fully saturated rings. The Morgan fingerprint density at radius 2 is 2.19 bits per heavy atom. The minimum absolute atomic E-state index is 0.244. The molecule has 1 aliphatic heterocycles. The van der Waals surface area contributed by atoms with Crippen LogP contribution in [0.25, 0.3) is 0 Å². The van der Waals surface area contributed by atoms with Crippen LogP contribution in [0.2, 0.25) is 0 Å². The van der Waals surface area contributed by atoms with Crippen LogP contribution >= 0.6 is 0 Å². The van der Waals surface area contributed by atoms with E-state index < -0.39 is 18.3 Å². The first-order chi connectivity index (χ1) is 7.81. The molecule has 1 aliphatic rings. The summed E-state index contributed by atoms with van der Waals surface area (Å²) >= 11 is 0. The Bertz CT molecular complexity index is 369. The second-order valence-electron chi connectivity index (χ2n) is 3.75. The van der Waals surface area contributed by atoms with Crippen molar-refractivity contribution >= 4 is 0 Å². The van der Waals surface area contributed by atoms with Crippen molar-refractivity contribution in [1.29, 1.82) is 0 Å². The summed E-state index contributed by atoms with van der Waals surface area (Å²) in [5.41, 5.74) is 1.05. The number of rotatable bonds is 3. The topological polar surface area (TPSA) is 38.7 Å². The lowest BCUT2D eigenvalue weighted by Crippen LogP contribution is -2.32. The zero-order chi connectivity index (χ0) is 11.4. The molecule has 1 aromatic carbocycles. The molecular formula is C13H14O3. The fraction of sp³-hybridized carbons (Fsp3) is 0.385. The van der Waals surface area contributed by atoms with E-state index in [1.165, 1.54) is 0 Å². The van der Waals surface area contributed by atoms with Crippen LogP contribution in [0.3, 0.4) is 0 Å². The van der Waals surface area contributed by atoms with Gasteiger partial charge in [0.2, 0.25) is 0 Å². The van der Waals surface area contributed by atoms with Gasteiger partial charge in [0.15, 0.2) is 0 Å². The highest BCUT2D eigenvalue weighted by molar-refractivity contribution is 5.14. The van der Waals surface area contributed by atoms with Crippen LogP contribution in [0.4, 0.5) is 0 Å². The summed E-state index contributed by atoms with van der Waals surface area (Å²) in [4.78, 5) is 0. The largest absolute Gasteiger partial charge is 0.388 e. The molecule has 3 nitrogen and oxygen atoms in total. The lowest BCUT2D eigenvalue weighted by Gasteiger charge is -2.17. The van der Waals surface area contributed by atoms with Gasteiger partial charge in [0, 0.05) is 0 Å². The summed E-state index contributed by atoms with van der Waals surface area (Å²) in [5.74, 6) is 2.47. The van der Waals surface area contributed by atoms with Crippen molar-refractivity contribution in [2.24, 2.45) is 0 Å². The third-order valence-electron chi connectivity index (χ3n) is 2.57. The van der Waals surface area contributed by atoms with Crippen molar-refractivity contribution in [1.82, 2.24) is 0 Å². The van der Waals surface area contributed by atoms with E-state index in [1.54, 1.807) is 0 Å². The SMILES string of the molecule is C#C[C@H]1OC[C@@H](O)[C@H]1OCc1ccccc1. The summed E-state index contributed by atoms with van der Waals surface area (Å²) in [6.07, 6.45) is 3.78. The van der Waals surface area contributed by atoms with E-state index in [0.717, 1.165) is 5.56 Å². The van der Waals surface area contributed by atoms with Gasteiger partial charge in [-0.3, -0.25) is 0 Å². The summed E-state index contributed by atoms with van der Waals surface area (Å²) in [7, 11) is 0. The van der Waals surface area contributed by atoms with E-state index >= 15 is 0 Å². The second-order valence-corrected chi connectivity index (χ2v) is 3.75. The Labute approximate surface area is 95.0 Å². The van der Waals surface area contributed by atoms with E-state index in [9.17, 15) is 5.11 Å². The Hall–Kier alpha value is -1.34. The van der Waals surface area contributed by atoms with Gasteiger partial charge in [0.25, 0.3) is 0 Å². The fourth-order valence-electron chi connectivity index (χ4n) is 1.70. The van der Waals surface area contributed by atoms with Gasteiger partial charge in [0.05, 0.1) is 13.2 Å². The van der Waals surface area contributed by atoms with Gasteiger partial charge in [-0.1, -0.05) is 36.3 Å². The Balaban J connectivity index is 1.92. The van der Waals surface area contributed by atoms with Gasteiger partial charge in [0.1, 0.15) is 18.3 Å². The normalized spacial score (nSPS) is 28.9. The number of aliphatic hydroxyl groups excluding tert-OH is 1. The maximum absolute atomic E-state index is 9.62. The monoisotopic (exact) mass is 218 g/mol. The van der Waals surface area contributed by atoms with Gasteiger partial charge in [-0.2, -0.15) is 0 Å². The zero-order valence-corrected chi connectivity index (χ0v) is 8.87. The van der Waals surface area contributed by atoms with Crippen molar-refractivity contribution < 1.29 is 14.6 Å². The lowest BCUT2D eigenvalue weighted by atomic mass is 10.1. The van der Waals surface area contributed by atoms with Crippen molar-refractivity contribution in [2.75, 3.05) is 6.61 Å². The number of terminal acetylenes is 1. The van der Waals surface area contributed by atoms with Crippen LogP contribution in [0.5, 0.6) is 0 Å². The van der Waals surface area contributed by atoms with Crippen LogP contribution in [-0.4, -0.2) is 30.0 Å². The first-order valence-corrected chi connectivity index (χ1v) is 5.22. The molecule has 0 amide bonds. The molecule has 1 heterocycles. The smallest absolute Gasteiger partial charge is 0.146 e. The molecule has 1 saturated heterocycles. The van der Waals surface area contributed by atoms with E-state index in [-0.39, 0.29) is 6.61 Å². The zero-order valence-electron chi connectivity index (χ0n) is 8.87. The van der Waals surface area contributed by atoms with E-state index in [2.05, 4.69) is 5.92 Å². The summed E-state index contributed by atoms with van der Waals surface area (Å²) < 4.78 is 10.8. The lowest BCUT2D eigenvalue weighted by molar-refractivity contribution is -0.0317. The van der Waals surface area contributed by atoms with Gasteiger partial charge in [-0.05, 0) is 5.56 Å². The van der Waals surface area contributed by atoms with Gasteiger partial charge in [-0.25, -0.2) is 0 Å². The van der Waals surface area contributed by atoms with E-state index in [4.69, 9.17) is 15.9 Å². The molecule has 1 N–H and O–H groups in total. The molecule has 0 unspecified atom stereocenters. The van der Waals surface area contributed by atoms with Crippen LogP contribution in [0, 0.1) is 12.3 Å². The molecule has 3 heteroatoms. The molecule has 0 bridgehead atoms. The number of benzene rings is 1.